The molecule has 0 aromatic heterocycles. The Balaban J connectivity index is 1.57. The number of ketones is 1. The number of hydrogen-bond acceptors (Lipinski definition) is 4. The first-order valence-electron chi connectivity index (χ1n) is 12.2. The summed E-state index contributed by atoms with van der Waals surface area (Å²) in [5, 5.41) is 10.6. The molecule has 4 rings (SSSR count). The second kappa shape index (κ2) is 11.0. The van der Waals surface area contributed by atoms with Crippen LogP contribution in [0.1, 0.15) is 60.2 Å². The Labute approximate surface area is 237 Å². The monoisotopic (exact) mass is 571 g/mol. The van der Waals surface area contributed by atoms with Crippen molar-refractivity contribution in [3.63, 3.8) is 0 Å². The zero-order chi connectivity index (χ0) is 27.8. The Bertz CT molecular complexity index is 1430. The van der Waals surface area contributed by atoms with E-state index in [9.17, 15) is 14.7 Å². The van der Waals surface area contributed by atoms with Crippen LogP contribution in [-0.2, 0) is 10.2 Å². The van der Waals surface area contributed by atoms with Crippen LogP contribution in [0.4, 0.5) is 0 Å². The van der Waals surface area contributed by atoms with Gasteiger partial charge in [-0.3, -0.25) is 4.79 Å². The topological polar surface area (TPSA) is 89.6 Å². The maximum absolute atomic E-state index is 13.0. The van der Waals surface area contributed by atoms with Gasteiger partial charge in [-0.05, 0) is 59.9 Å². The lowest BCUT2D eigenvalue weighted by Gasteiger charge is -2.18. The highest BCUT2D eigenvalue weighted by molar-refractivity contribution is 6.37. The van der Waals surface area contributed by atoms with Crippen molar-refractivity contribution in [2.75, 3.05) is 6.61 Å². The number of Topliss-reactive ketones (excluding diaryl/α,β-unsaturated/α-hetero) is 1. The largest absolute Gasteiger partial charge is 0.489 e. The predicted molar refractivity (Wildman–Crippen MR) is 152 cm³/mol. The van der Waals surface area contributed by atoms with Gasteiger partial charge in [0.05, 0.1) is 26.9 Å². The third-order valence-corrected chi connectivity index (χ3v) is 8.03. The van der Waals surface area contributed by atoms with Crippen LogP contribution in [-0.4, -0.2) is 23.5 Å². The first-order chi connectivity index (χ1) is 17.9. The fourth-order valence-electron chi connectivity index (χ4n) is 4.78. The minimum Gasteiger partial charge on any atom is -0.489 e. The number of rotatable bonds is 9. The fourth-order valence-corrected chi connectivity index (χ4v) is 5.76. The zero-order valence-corrected chi connectivity index (χ0v) is 23.5. The quantitative estimate of drug-likeness (QED) is 0.256. The van der Waals surface area contributed by atoms with E-state index < -0.39 is 5.97 Å². The molecular weight excluding hydrogens is 545 g/mol. The van der Waals surface area contributed by atoms with Crippen LogP contribution in [0.5, 0.6) is 5.75 Å². The van der Waals surface area contributed by atoms with Crippen molar-refractivity contribution in [1.29, 1.82) is 0 Å². The Morgan fingerprint density at radius 2 is 1.68 bits per heavy atom. The molecule has 3 N–H and O–H groups in total. The van der Waals surface area contributed by atoms with E-state index >= 15 is 0 Å². The molecule has 0 saturated heterocycles. The Morgan fingerprint density at radius 1 is 1.03 bits per heavy atom. The van der Waals surface area contributed by atoms with E-state index in [2.05, 4.69) is 6.92 Å². The van der Waals surface area contributed by atoms with E-state index in [0.29, 0.717) is 26.4 Å². The summed E-state index contributed by atoms with van der Waals surface area (Å²) >= 11 is 19.4. The molecule has 0 heterocycles. The summed E-state index contributed by atoms with van der Waals surface area (Å²) in [6.07, 6.45) is 0.848. The molecule has 2 atom stereocenters. The number of halogens is 3. The van der Waals surface area contributed by atoms with Crippen LogP contribution in [0.25, 0.3) is 5.70 Å². The highest BCUT2D eigenvalue weighted by atomic mass is 35.5. The van der Waals surface area contributed by atoms with Crippen molar-refractivity contribution in [1.82, 2.24) is 0 Å². The molecule has 38 heavy (non-hydrogen) atoms. The molecule has 2 unspecified atom stereocenters. The van der Waals surface area contributed by atoms with Crippen molar-refractivity contribution in [3.05, 3.63) is 104 Å². The number of benzene rings is 3. The summed E-state index contributed by atoms with van der Waals surface area (Å²) in [5.41, 5.74) is 9.24. The van der Waals surface area contributed by atoms with Gasteiger partial charge in [0.1, 0.15) is 12.4 Å². The van der Waals surface area contributed by atoms with Gasteiger partial charge in [-0.25, -0.2) is 4.79 Å². The molecule has 3 aromatic carbocycles. The van der Waals surface area contributed by atoms with Crippen molar-refractivity contribution in [3.8, 4) is 5.75 Å². The van der Waals surface area contributed by atoms with Crippen LogP contribution in [0, 0.1) is 5.92 Å². The molecular formula is C30H28Cl3NO4. The number of carboxylic acid groups (broad SMARTS) is 1. The number of nitrogens with two attached hydrogens (primary N) is 1. The third-order valence-electron chi connectivity index (χ3n) is 7.09. The van der Waals surface area contributed by atoms with Crippen molar-refractivity contribution >= 4 is 52.3 Å². The first kappa shape index (κ1) is 28.0. The van der Waals surface area contributed by atoms with Crippen molar-refractivity contribution in [2.45, 2.75) is 38.5 Å². The van der Waals surface area contributed by atoms with E-state index in [1.165, 1.54) is 0 Å². The van der Waals surface area contributed by atoms with E-state index in [-0.39, 0.29) is 46.5 Å². The SMILES string of the molecule is CC(C)C(=O)C(COc1ccc(C2(C)CC2c2cccc(C(=O)O)c2)c(Cl)c1)=C(N)c1c(Cl)cccc1Cl. The molecule has 8 heteroatoms. The zero-order valence-electron chi connectivity index (χ0n) is 21.2. The van der Waals surface area contributed by atoms with Gasteiger partial charge in [-0.2, -0.15) is 0 Å². The number of hydrogen-bond donors (Lipinski definition) is 2. The average molecular weight is 573 g/mol. The first-order valence-corrected chi connectivity index (χ1v) is 13.3. The summed E-state index contributed by atoms with van der Waals surface area (Å²) in [6, 6.07) is 17.5. The predicted octanol–water partition coefficient (Wildman–Crippen LogP) is 7.76. The maximum atomic E-state index is 13.0. The molecule has 1 aliphatic rings. The molecule has 0 bridgehead atoms. The molecule has 0 radical (unpaired) electrons. The number of carbonyl (C=O) groups is 2. The smallest absolute Gasteiger partial charge is 0.335 e. The van der Waals surface area contributed by atoms with Gasteiger partial charge in [0.15, 0.2) is 5.78 Å². The lowest BCUT2D eigenvalue weighted by Crippen LogP contribution is -2.21. The van der Waals surface area contributed by atoms with E-state index in [4.69, 9.17) is 45.3 Å². The number of ether oxygens (including phenoxy) is 1. The number of carboxylic acids is 1. The summed E-state index contributed by atoms with van der Waals surface area (Å²) < 4.78 is 5.99. The van der Waals surface area contributed by atoms with Gasteiger partial charge in [0.25, 0.3) is 0 Å². The van der Waals surface area contributed by atoms with Gasteiger partial charge in [0.2, 0.25) is 0 Å². The molecule has 3 aromatic rings. The van der Waals surface area contributed by atoms with Gasteiger partial charge >= 0.3 is 5.97 Å². The Morgan fingerprint density at radius 3 is 2.29 bits per heavy atom. The van der Waals surface area contributed by atoms with E-state index in [0.717, 1.165) is 17.5 Å². The normalized spacial score (nSPS) is 19.2. The lowest BCUT2D eigenvalue weighted by molar-refractivity contribution is -0.118. The molecule has 1 aliphatic carbocycles. The molecule has 1 saturated carbocycles. The Hall–Kier alpha value is -2.99. The maximum Gasteiger partial charge on any atom is 0.335 e. The second-order valence-electron chi connectivity index (χ2n) is 10.0. The number of aromatic carboxylic acids is 1. The number of carbonyl (C=O) groups excluding carboxylic acids is 1. The van der Waals surface area contributed by atoms with Crippen LogP contribution < -0.4 is 10.5 Å². The fraction of sp³-hybridized carbons (Fsp3) is 0.267. The highest BCUT2D eigenvalue weighted by Gasteiger charge is 2.52. The summed E-state index contributed by atoms with van der Waals surface area (Å²) in [4.78, 5) is 24.4. The molecule has 0 amide bonds. The minimum absolute atomic E-state index is 0.0814. The van der Waals surface area contributed by atoms with Crippen LogP contribution >= 0.6 is 34.8 Å². The average Bonchev–Trinajstić information content (AvgIpc) is 3.56. The Kier molecular flexibility index (Phi) is 8.12. The standard InChI is InChI=1S/C30H28Cl3NO4/c1-16(2)28(35)20(27(34)26-23(31)8-5-9-24(26)32)15-38-19-10-11-21(25(33)13-19)30(3)14-22(30)17-6-4-7-18(12-17)29(36)37/h4-13,16,22H,14-15,34H2,1-3H3,(H,36,37). The molecule has 198 valence electrons. The highest BCUT2D eigenvalue weighted by Crippen LogP contribution is 2.61. The second-order valence-corrected chi connectivity index (χ2v) is 11.3. The molecule has 5 nitrogen and oxygen atoms in total. The molecule has 0 spiro atoms. The van der Waals surface area contributed by atoms with Crippen LogP contribution in [0.3, 0.4) is 0 Å². The van der Waals surface area contributed by atoms with Crippen LogP contribution in [0.2, 0.25) is 15.1 Å². The lowest BCUT2D eigenvalue weighted by atomic mass is 9.92. The van der Waals surface area contributed by atoms with Gasteiger partial charge in [-0.1, -0.05) is 79.8 Å². The minimum atomic E-state index is -0.949. The summed E-state index contributed by atoms with van der Waals surface area (Å²) in [6.45, 7) is 5.60. The van der Waals surface area contributed by atoms with Gasteiger partial charge in [-0.15, -0.1) is 0 Å². The van der Waals surface area contributed by atoms with E-state index in [1.807, 2.05) is 18.2 Å². The summed E-state index contributed by atoms with van der Waals surface area (Å²) in [5.74, 6) is -0.789. The summed E-state index contributed by atoms with van der Waals surface area (Å²) in [7, 11) is 0. The molecule has 1 fully saturated rings. The molecule has 0 aliphatic heterocycles. The van der Waals surface area contributed by atoms with Gasteiger partial charge < -0.3 is 15.6 Å². The van der Waals surface area contributed by atoms with Gasteiger partial charge in [0, 0.05) is 21.9 Å². The van der Waals surface area contributed by atoms with E-state index in [1.54, 1.807) is 56.3 Å². The van der Waals surface area contributed by atoms with Crippen molar-refractivity contribution in [2.24, 2.45) is 11.7 Å². The van der Waals surface area contributed by atoms with Crippen LogP contribution in [0.15, 0.2) is 66.2 Å². The third kappa shape index (κ3) is 5.56. The van der Waals surface area contributed by atoms with Crippen molar-refractivity contribution < 1.29 is 19.4 Å².